The lowest BCUT2D eigenvalue weighted by Gasteiger charge is -2.26. The lowest BCUT2D eigenvalue weighted by atomic mass is 10.2. The monoisotopic (exact) mass is 394 g/mol. The Hall–Kier alpha value is -1.83. The molecule has 1 unspecified atom stereocenters. The zero-order valence-electron chi connectivity index (χ0n) is 15.7. The summed E-state index contributed by atoms with van der Waals surface area (Å²) in [6.45, 7) is 4.77. The SMILES string of the molecule is COCCN1CCC(N2CCCN(C(=O)Nc3ccccc3Cl)CC2)C1=O. The smallest absolute Gasteiger partial charge is 0.321 e. The van der Waals surface area contributed by atoms with Gasteiger partial charge in [-0.05, 0) is 25.0 Å². The first-order valence-corrected chi connectivity index (χ1v) is 9.80. The van der Waals surface area contributed by atoms with Gasteiger partial charge in [0.15, 0.2) is 0 Å². The molecule has 0 bridgehead atoms. The number of urea groups is 1. The molecule has 1 N–H and O–H groups in total. The third-order valence-electron chi connectivity index (χ3n) is 5.21. The molecule has 0 saturated carbocycles. The first kappa shape index (κ1) is 19.9. The predicted molar refractivity (Wildman–Crippen MR) is 105 cm³/mol. The summed E-state index contributed by atoms with van der Waals surface area (Å²) in [6.07, 6.45) is 1.69. The quantitative estimate of drug-likeness (QED) is 0.830. The fraction of sp³-hybridized carbons (Fsp3) is 0.579. The first-order valence-electron chi connectivity index (χ1n) is 9.42. The van der Waals surface area contributed by atoms with Crippen molar-refractivity contribution in [2.45, 2.75) is 18.9 Å². The highest BCUT2D eigenvalue weighted by atomic mass is 35.5. The van der Waals surface area contributed by atoms with Gasteiger partial charge in [0.05, 0.1) is 23.4 Å². The molecule has 0 aliphatic carbocycles. The van der Waals surface area contributed by atoms with E-state index in [4.69, 9.17) is 16.3 Å². The van der Waals surface area contributed by atoms with Crippen LogP contribution in [0.25, 0.3) is 0 Å². The number of carbonyl (C=O) groups is 2. The fourth-order valence-electron chi connectivity index (χ4n) is 3.69. The maximum atomic E-state index is 12.6. The second kappa shape index (κ2) is 9.39. The average molecular weight is 395 g/mol. The Morgan fingerprint density at radius 3 is 2.81 bits per heavy atom. The van der Waals surface area contributed by atoms with Crippen LogP contribution in [-0.4, -0.2) is 85.7 Å². The number of amides is 3. The molecule has 1 aromatic rings. The Balaban J connectivity index is 1.54. The van der Waals surface area contributed by atoms with Crippen molar-refractivity contribution >= 4 is 29.2 Å². The topological polar surface area (TPSA) is 65.1 Å². The van der Waals surface area contributed by atoms with Gasteiger partial charge in [0, 0.05) is 46.4 Å². The van der Waals surface area contributed by atoms with E-state index < -0.39 is 0 Å². The van der Waals surface area contributed by atoms with Crippen LogP contribution >= 0.6 is 11.6 Å². The Bertz CT molecular complexity index is 672. The number of hydrogen-bond donors (Lipinski definition) is 1. The van der Waals surface area contributed by atoms with E-state index >= 15 is 0 Å². The fourth-order valence-corrected chi connectivity index (χ4v) is 3.88. The van der Waals surface area contributed by atoms with Crippen molar-refractivity contribution < 1.29 is 14.3 Å². The minimum atomic E-state index is -0.149. The van der Waals surface area contributed by atoms with Crippen LogP contribution in [0.4, 0.5) is 10.5 Å². The summed E-state index contributed by atoms with van der Waals surface area (Å²) in [7, 11) is 1.65. The van der Waals surface area contributed by atoms with Gasteiger partial charge in [0.25, 0.3) is 0 Å². The van der Waals surface area contributed by atoms with E-state index in [-0.39, 0.29) is 18.0 Å². The zero-order chi connectivity index (χ0) is 19.2. The number of ether oxygens (including phenoxy) is 1. The average Bonchev–Trinajstić information content (AvgIpc) is 2.87. The minimum absolute atomic E-state index is 0.0755. The lowest BCUT2D eigenvalue weighted by molar-refractivity contribution is -0.132. The highest BCUT2D eigenvalue weighted by Crippen LogP contribution is 2.22. The van der Waals surface area contributed by atoms with Crippen molar-refractivity contribution in [1.29, 1.82) is 0 Å². The molecule has 3 rings (SSSR count). The molecule has 3 amide bonds. The standard InChI is InChI=1S/C19H27ClN4O3/c1-27-14-13-23-10-7-17(18(23)25)22-8-4-9-24(12-11-22)19(26)21-16-6-3-2-5-15(16)20/h2-3,5-6,17H,4,7-14H2,1H3,(H,21,26). The number of rotatable bonds is 5. The van der Waals surface area contributed by atoms with Crippen LogP contribution < -0.4 is 5.32 Å². The van der Waals surface area contributed by atoms with Crippen molar-refractivity contribution in [2.75, 3.05) is 58.3 Å². The number of anilines is 1. The summed E-state index contributed by atoms with van der Waals surface area (Å²) >= 11 is 6.12. The Morgan fingerprint density at radius 2 is 2.04 bits per heavy atom. The van der Waals surface area contributed by atoms with E-state index in [1.54, 1.807) is 24.1 Å². The van der Waals surface area contributed by atoms with Gasteiger partial charge >= 0.3 is 6.03 Å². The van der Waals surface area contributed by atoms with E-state index in [1.165, 1.54) is 0 Å². The van der Waals surface area contributed by atoms with Gasteiger partial charge in [-0.2, -0.15) is 0 Å². The number of para-hydroxylation sites is 1. The van der Waals surface area contributed by atoms with Crippen molar-refractivity contribution in [3.8, 4) is 0 Å². The molecule has 2 saturated heterocycles. The molecule has 7 nitrogen and oxygen atoms in total. The molecule has 0 spiro atoms. The molecule has 1 aromatic carbocycles. The molecule has 2 heterocycles. The molecule has 2 fully saturated rings. The van der Waals surface area contributed by atoms with Gasteiger partial charge < -0.3 is 19.9 Å². The Labute approximate surface area is 165 Å². The molecule has 2 aliphatic rings. The van der Waals surface area contributed by atoms with Gasteiger partial charge in [-0.1, -0.05) is 23.7 Å². The number of methoxy groups -OCH3 is 1. The number of hydrogen-bond acceptors (Lipinski definition) is 4. The molecule has 2 aliphatic heterocycles. The van der Waals surface area contributed by atoms with Gasteiger partial charge in [-0.15, -0.1) is 0 Å². The summed E-state index contributed by atoms with van der Waals surface area (Å²) in [4.78, 5) is 31.1. The third-order valence-corrected chi connectivity index (χ3v) is 5.54. The van der Waals surface area contributed by atoms with Crippen LogP contribution in [0.2, 0.25) is 5.02 Å². The number of carbonyl (C=O) groups excluding carboxylic acids is 2. The third kappa shape index (κ3) is 4.91. The van der Waals surface area contributed by atoms with Gasteiger partial charge in [-0.3, -0.25) is 9.69 Å². The minimum Gasteiger partial charge on any atom is -0.383 e. The second-order valence-electron chi connectivity index (χ2n) is 6.91. The lowest BCUT2D eigenvalue weighted by Crippen LogP contribution is -2.44. The maximum absolute atomic E-state index is 12.6. The van der Waals surface area contributed by atoms with Crippen LogP contribution in [0.3, 0.4) is 0 Å². The maximum Gasteiger partial charge on any atom is 0.321 e. The highest BCUT2D eigenvalue weighted by Gasteiger charge is 2.36. The highest BCUT2D eigenvalue weighted by molar-refractivity contribution is 6.33. The van der Waals surface area contributed by atoms with Crippen molar-refractivity contribution in [3.05, 3.63) is 29.3 Å². The summed E-state index contributed by atoms with van der Waals surface area (Å²) < 4.78 is 5.08. The van der Waals surface area contributed by atoms with Gasteiger partial charge in [0.2, 0.25) is 5.91 Å². The van der Waals surface area contributed by atoms with Crippen LogP contribution in [0.5, 0.6) is 0 Å². The zero-order valence-corrected chi connectivity index (χ0v) is 16.5. The molecular formula is C19H27ClN4O3. The number of halogens is 1. The molecular weight excluding hydrogens is 368 g/mol. The number of nitrogens with zero attached hydrogens (tertiary/aromatic N) is 3. The Morgan fingerprint density at radius 1 is 1.22 bits per heavy atom. The normalized spacial score (nSPS) is 21.4. The molecule has 27 heavy (non-hydrogen) atoms. The number of benzene rings is 1. The van der Waals surface area contributed by atoms with Crippen molar-refractivity contribution in [1.82, 2.24) is 14.7 Å². The first-order chi connectivity index (χ1) is 13.1. The predicted octanol–water partition coefficient (Wildman–Crippen LogP) is 2.13. The van der Waals surface area contributed by atoms with Crippen LogP contribution in [0, 0.1) is 0 Å². The summed E-state index contributed by atoms with van der Waals surface area (Å²) in [5.74, 6) is 0.181. The van der Waals surface area contributed by atoms with E-state index in [9.17, 15) is 9.59 Å². The summed E-state index contributed by atoms with van der Waals surface area (Å²) in [5, 5.41) is 3.40. The number of nitrogens with one attached hydrogen (secondary N) is 1. The molecule has 1 atom stereocenters. The van der Waals surface area contributed by atoms with E-state index in [0.29, 0.717) is 43.5 Å². The van der Waals surface area contributed by atoms with Crippen LogP contribution in [0.15, 0.2) is 24.3 Å². The van der Waals surface area contributed by atoms with Crippen LogP contribution in [0.1, 0.15) is 12.8 Å². The molecule has 0 radical (unpaired) electrons. The van der Waals surface area contributed by atoms with Crippen molar-refractivity contribution in [2.24, 2.45) is 0 Å². The molecule has 8 heteroatoms. The van der Waals surface area contributed by atoms with Gasteiger partial charge in [0.1, 0.15) is 0 Å². The van der Waals surface area contributed by atoms with E-state index in [2.05, 4.69) is 10.2 Å². The Kier molecular flexibility index (Phi) is 6.93. The summed E-state index contributed by atoms with van der Waals surface area (Å²) in [5.41, 5.74) is 0.616. The van der Waals surface area contributed by atoms with Gasteiger partial charge in [-0.25, -0.2) is 4.79 Å². The summed E-state index contributed by atoms with van der Waals surface area (Å²) in [6, 6.07) is 6.99. The molecule has 148 valence electrons. The number of likely N-dealkylation sites (tertiary alicyclic amines) is 1. The van der Waals surface area contributed by atoms with Crippen LogP contribution in [-0.2, 0) is 9.53 Å². The largest absolute Gasteiger partial charge is 0.383 e. The van der Waals surface area contributed by atoms with E-state index in [0.717, 1.165) is 25.9 Å². The molecule has 0 aromatic heterocycles. The van der Waals surface area contributed by atoms with Crippen molar-refractivity contribution in [3.63, 3.8) is 0 Å². The second-order valence-corrected chi connectivity index (χ2v) is 7.32. The van der Waals surface area contributed by atoms with E-state index in [1.807, 2.05) is 17.0 Å².